The van der Waals surface area contributed by atoms with Crippen molar-refractivity contribution < 1.29 is 13.2 Å². The third-order valence-corrected chi connectivity index (χ3v) is 3.72. The van der Waals surface area contributed by atoms with Gasteiger partial charge in [-0.05, 0) is 56.1 Å². The standard InChI is InChI=1S/C12H10Br2F2N2O/c13-7-1-2-8(15)6(12(7)16)5-9(18-17)10-3-4-11(14)19-10/h1-4,9,18H,5,17H2. The molecule has 0 aliphatic carbocycles. The molecule has 0 aliphatic heterocycles. The van der Waals surface area contributed by atoms with Gasteiger partial charge in [-0.1, -0.05) is 0 Å². The van der Waals surface area contributed by atoms with Crippen molar-refractivity contribution in [3.63, 3.8) is 0 Å². The second kappa shape index (κ2) is 6.13. The maximum atomic E-state index is 13.9. The zero-order chi connectivity index (χ0) is 14.0. The summed E-state index contributed by atoms with van der Waals surface area (Å²) in [6, 6.07) is 5.37. The maximum Gasteiger partial charge on any atom is 0.169 e. The summed E-state index contributed by atoms with van der Waals surface area (Å²) in [5, 5.41) is 0. The van der Waals surface area contributed by atoms with E-state index in [1.165, 1.54) is 12.1 Å². The second-order valence-electron chi connectivity index (χ2n) is 3.89. The summed E-state index contributed by atoms with van der Waals surface area (Å²) in [6.07, 6.45) is 0.0353. The molecule has 0 aliphatic rings. The van der Waals surface area contributed by atoms with Crippen LogP contribution in [0.5, 0.6) is 0 Å². The normalized spacial score (nSPS) is 12.7. The molecule has 19 heavy (non-hydrogen) atoms. The lowest BCUT2D eigenvalue weighted by molar-refractivity contribution is 0.396. The molecular formula is C12H10Br2F2N2O. The molecule has 7 heteroatoms. The van der Waals surface area contributed by atoms with Crippen LogP contribution in [0.4, 0.5) is 8.78 Å². The van der Waals surface area contributed by atoms with Crippen molar-refractivity contribution in [3.05, 3.63) is 56.4 Å². The van der Waals surface area contributed by atoms with Crippen LogP contribution in [0.3, 0.4) is 0 Å². The number of benzene rings is 1. The average molecular weight is 396 g/mol. The van der Waals surface area contributed by atoms with Crippen LogP contribution in [0.25, 0.3) is 0 Å². The number of hydrazine groups is 1. The van der Waals surface area contributed by atoms with Crippen molar-refractivity contribution in [2.75, 3.05) is 0 Å². The van der Waals surface area contributed by atoms with Gasteiger partial charge in [-0.15, -0.1) is 0 Å². The molecule has 1 atom stereocenters. The van der Waals surface area contributed by atoms with Crippen LogP contribution in [-0.4, -0.2) is 0 Å². The van der Waals surface area contributed by atoms with Gasteiger partial charge >= 0.3 is 0 Å². The molecule has 1 unspecified atom stereocenters. The van der Waals surface area contributed by atoms with Gasteiger partial charge < -0.3 is 4.42 Å². The van der Waals surface area contributed by atoms with E-state index in [4.69, 9.17) is 10.3 Å². The van der Waals surface area contributed by atoms with Crippen molar-refractivity contribution >= 4 is 31.9 Å². The molecule has 0 amide bonds. The number of hydrogen-bond donors (Lipinski definition) is 2. The highest BCUT2D eigenvalue weighted by Crippen LogP contribution is 2.28. The zero-order valence-electron chi connectivity index (χ0n) is 9.59. The van der Waals surface area contributed by atoms with E-state index in [1.807, 2.05) is 0 Å². The number of furan rings is 1. The summed E-state index contributed by atoms with van der Waals surface area (Å²) in [4.78, 5) is 0. The Morgan fingerprint density at radius 1 is 1.21 bits per heavy atom. The molecule has 2 aromatic rings. The molecule has 3 N–H and O–H groups in total. The molecule has 102 valence electrons. The number of hydrogen-bond acceptors (Lipinski definition) is 3. The van der Waals surface area contributed by atoms with Gasteiger partial charge in [0.15, 0.2) is 4.67 Å². The molecule has 0 saturated carbocycles. The van der Waals surface area contributed by atoms with E-state index < -0.39 is 17.7 Å². The largest absolute Gasteiger partial charge is 0.453 e. The molecule has 3 nitrogen and oxygen atoms in total. The fourth-order valence-corrected chi connectivity index (χ4v) is 2.41. The Labute approximate surface area is 125 Å². The molecule has 0 spiro atoms. The van der Waals surface area contributed by atoms with E-state index in [1.54, 1.807) is 12.1 Å². The van der Waals surface area contributed by atoms with E-state index >= 15 is 0 Å². The Hall–Kier alpha value is -0.760. The summed E-state index contributed by atoms with van der Waals surface area (Å²) in [5.74, 6) is 4.66. The van der Waals surface area contributed by atoms with Gasteiger partial charge in [0.25, 0.3) is 0 Å². The molecule has 1 aromatic heterocycles. The average Bonchev–Trinajstić information content (AvgIpc) is 2.81. The monoisotopic (exact) mass is 394 g/mol. The lowest BCUT2D eigenvalue weighted by atomic mass is 10.0. The summed E-state index contributed by atoms with van der Waals surface area (Å²) in [7, 11) is 0. The lowest BCUT2D eigenvalue weighted by Crippen LogP contribution is -2.29. The molecule has 0 saturated heterocycles. The lowest BCUT2D eigenvalue weighted by Gasteiger charge is -2.15. The number of nitrogens with one attached hydrogen (secondary N) is 1. The van der Waals surface area contributed by atoms with Gasteiger partial charge in [0.1, 0.15) is 17.4 Å². The molecule has 2 rings (SSSR count). The topological polar surface area (TPSA) is 51.2 Å². The zero-order valence-corrected chi connectivity index (χ0v) is 12.8. The molecule has 0 fully saturated rings. The van der Waals surface area contributed by atoms with Crippen LogP contribution in [-0.2, 0) is 6.42 Å². The van der Waals surface area contributed by atoms with Crippen LogP contribution in [0.1, 0.15) is 17.4 Å². The maximum absolute atomic E-state index is 13.9. The Balaban J connectivity index is 2.31. The van der Waals surface area contributed by atoms with E-state index in [2.05, 4.69) is 37.3 Å². The van der Waals surface area contributed by atoms with E-state index in [0.717, 1.165) is 0 Å². The van der Waals surface area contributed by atoms with Gasteiger partial charge in [0, 0.05) is 12.0 Å². The Morgan fingerprint density at radius 3 is 2.53 bits per heavy atom. The highest BCUT2D eigenvalue weighted by atomic mass is 79.9. The van der Waals surface area contributed by atoms with Crippen molar-refractivity contribution in [2.24, 2.45) is 5.84 Å². The SMILES string of the molecule is NNC(Cc1c(F)ccc(Br)c1F)c1ccc(Br)o1. The van der Waals surface area contributed by atoms with E-state index in [9.17, 15) is 8.78 Å². The summed E-state index contributed by atoms with van der Waals surface area (Å²) in [5.41, 5.74) is 2.44. The third-order valence-electron chi connectivity index (χ3n) is 2.69. The highest BCUT2D eigenvalue weighted by molar-refractivity contribution is 9.10. The third kappa shape index (κ3) is 3.22. The van der Waals surface area contributed by atoms with Crippen LogP contribution in [0, 0.1) is 11.6 Å². The first kappa shape index (κ1) is 14.6. The molecular weight excluding hydrogens is 386 g/mol. The number of rotatable bonds is 4. The van der Waals surface area contributed by atoms with Crippen molar-refractivity contribution in [1.82, 2.24) is 5.43 Å². The second-order valence-corrected chi connectivity index (χ2v) is 5.52. The fraction of sp³-hybridized carbons (Fsp3) is 0.167. The molecule has 0 radical (unpaired) electrons. The summed E-state index contributed by atoms with van der Waals surface area (Å²) < 4.78 is 33.6. The molecule has 1 aromatic carbocycles. The van der Waals surface area contributed by atoms with Crippen molar-refractivity contribution in [2.45, 2.75) is 12.5 Å². The smallest absolute Gasteiger partial charge is 0.169 e. The van der Waals surface area contributed by atoms with Crippen LogP contribution >= 0.6 is 31.9 Å². The molecule has 1 heterocycles. The molecule has 0 bridgehead atoms. The van der Waals surface area contributed by atoms with Gasteiger partial charge in [-0.3, -0.25) is 5.84 Å². The predicted octanol–water partition coefficient (Wildman–Crippen LogP) is 3.83. The minimum atomic E-state index is -0.633. The number of halogens is 4. The minimum absolute atomic E-state index is 0.0353. The Bertz CT molecular complexity index is 589. The quantitative estimate of drug-likeness (QED) is 0.470. The Kier molecular flexibility index (Phi) is 4.72. The van der Waals surface area contributed by atoms with Gasteiger partial charge in [0.05, 0.1) is 10.5 Å². The van der Waals surface area contributed by atoms with E-state index in [0.29, 0.717) is 10.4 Å². The van der Waals surface area contributed by atoms with Crippen LogP contribution in [0.2, 0.25) is 0 Å². The van der Waals surface area contributed by atoms with Crippen molar-refractivity contribution in [3.8, 4) is 0 Å². The first-order valence-electron chi connectivity index (χ1n) is 5.36. The summed E-state index contributed by atoms with van der Waals surface area (Å²) in [6.45, 7) is 0. The fourth-order valence-electron chi connectivity index (χ4n) is 1.72. The summed E-state index contributed by atoms with van der Waals surface area (Å²) >= 11 is 6.19. The first-order valence-corrected chi connectivity index (χ1v) is 6.95. The van der Waals surface area contributed by atoms with Gasteiger partial charge in [-0.2, -0.15) is 0 Å². The minimum Gasteiger partial charge on any atom is -0.453 e. The van der Waals surface area contributed by atoms with Crippen LogP contribution in [0.15, 0.2) is 37.8 Å². The van der Waals surface area contributed by atoms with Gasteiger partial charge in [-0.25, -0.2) is 14.2 Å². The first-order chi connectivity index (χ1) is 9.02. The van der Waals surface area contributed by atoms with Crippen molar-refractivity contribution in [1.29, 1.82) is 0 Å². The van der Waals surface area contributed by atoms with Gasteiger partial charge in [0.2, 0.25) is 0 Å². The predicted molar refractivity (Wildman–Crippen MR) is 74.2 cm³/mol. The Morgan fingerprint density at radius 2 is 1.95 bits per heavy atom. The van der Waals surface area contributed by atoms with Crippen LogP contribution < -0.4 is 11.3 Å². The highest BCUT2D eigenvalue weighted by Gasteiger charge is 2.20. The van der Waals surface area contributed by atoms with E-state index in [-0.39, 0.29) is 16.5 Å². The number of nitrogens with two attached hydrogens (primary N) is 1.